The van der Waals surface area contributed by atoms with E-state index in [9.17, 15) is 14.4 Å². The van der Waals surface area contributed by atoms with Crippen LogP contribution in [0, 0.1) is 0 Å². The lowest BCUT2D eigenvalue weighted by Crippen LogP contribution is -2.47. The number of hydrogen-bond acceptors (Lipinski definition) is 5. The molecule has 0 radical (unpaired) electrons. The van der Waals surface area contributed by atoms with Crippen LogP contribution in [0.25, 0.3) is 0 Å². The van der Waals surface area contributed by atoms with Gasteiger partial charge in [-0.3, -0.25) is 14.4 Å². The number of benzene rings is 1. The molecule has 0 spiro atoms. The number of nitrogens with one attached hydrogen (secondary N) is 2. The van der Waals surface area contributed by atoms with Crippen LogP contribution in [-0.2, 0) is 11.2 Å². The number of rotatable bonds is 5. The van der Waals surface area contributed by atoms with Crippen LogP contribution in [0.15, 0.2) is 41.2 Å². The summed E-state index contributed by atoms with van der Waals surface area (Å²) in [6.45, 7) is 1.07. The van der Waals surface area contributed by atoms with E-state index >= 15 is 0 Å². The van der Waals surface area contributed by atoms with Gasteiger partial charge < -0.3 is 15.0 Å². The highest BCUT2D eigenvalue weighted by Gasteiger charge is 2.25. The minimum atomic E-state index is -0.343. The van der Waals surface area contributed by atoms with Gasteiger partial charge in [0.05, 0.1) is 13.5 Å². The highest BCUT2D eigenvalue weighted by molar-refractivity contribution is 5.92. The van der Waals surface area contributed by atoms with Gasteiger partial charge in [0.2, 0.25) is 5.91 Å². The topological polar surface area (TPSA) is 104 Å². The van der Waals surface area contributed by atoms with Gasteiger partial charge in [0, 0.05) is 25.2 Å². The van der Waals surface area contributed by atoms with Gasteiger partial charge in [0.1, 0.15) is 11.4 Å². The van der Waals surface area contributed by atoms with Crippen molar-refractivity contribution in [1.29, 1.82) is 0 Å². The molecule has 3 rings (SSSR count). The van der Waals surface area contributed by atoms with Gasteiger partial charge in [0.25, 0.3) is 11.5 Å². The lowest BCUT2D eigenvalue weighted by atomic mass is 10.0. The van der Waals surface area contributed by atoms with Crippen molar-refractivity contribution in [2.75, 3.05) is 20.2 Å². The molecule has 2 N–H and O–H groups in total. The number of hydrogen-bond donors (Lipinski definition) is 2. The van der Waals surface area contributed by atoms with Gasteiger partial charge in [-0.25, -0.2) is 5.10 Å². The Morgan fingerprint density at radius 1 is 1.19 bits per heavy atom. The second kappa shape index (κ2) is 8.48. The minimum absolute atomic E-state index is 0.0350. The molecule has 1 aromatic heterocycles. The molecule has 0 unspecified atom stereocenters. The molecule has 2 aromatic rings. The number of carbonyl (C=O) groups is 2. The predicted octanol–water partition coefficient (Wildman–Crippen LogP) is 0.742. The summed E-state index contributed by atoms with van der Waals surface area (Å²) in [6.07, 6.45) is 1.68. The summed E-state index contributed by atoms with van der Waals surface area (Å²) < 4.78 is 5.11. The molecular formula is C19H22N4O4. The monoisotopic (exact) mass is 370 g/mol. The zero-order valence-electron chi connectivity index (χ0n) is 15.1. The zero-order chi connectivity index (χ0) is 19.2. The first-order valence-electron chi connectivity index (χ1n) is 8.82. The van der Waals surface area contributed by atoms with E-state index < -0.39 is 0 Å². The molecule has 0 aliphatic carbocycles. The Kier molecular flexibility index (Phi) is 5.85. The smallest absolute Gasteiger partial charge is 0.274 e. The van der Waals surface area contributed by atoms with Crippen LogP contribution in [0.3, 0.4) is 0 Å². The Bertz CT molecular complexity index is 834. The molecule has 1 aromatic carbocycles. The van der Waals surface area contributed by atoms with Crippen molar-refractivity contribution in [3.63, 3.8) is 0 Å². The quantitative estimate of drug-likeness (QED) is 0.808. The molecule has 1 aliphatic heterocycles. The standard InChI is InChI=1S/C19H22N4O4/c1-27-15-4-2-13(3-5-15)12-18(25)20-14-8-10-23(11-9-14)19(26)16-6-7-17(24)22-21-16/h2-7,14H,8-12H2,1H3,(H,20,25)(H,22,24). The van der Waals surface area contributed by atoms with Gasteiger partial charge in [-0.15, -0.1) is 0 Å². The first-order valence-corrected chi connectivity index (χ1v) is 8.82. The van der Waals surface area contributed by atoms with E-state index in [0.717, 1.165) is 11.3 Å². The molecule has 1 saturated heterocycles. The fraction of sp³-hybridized carbons (Fsp3) is 0.368. The van der Waals surface area contributed by atoms with Gasteiger partial charge in [-0.2, -0.15) is 5.10 Å². The third-order valence-corrected chi connectivity index (χ3v) is 4.57. The fourth-order valence-electron chi connectivity index (χ4n) is 3.06. The van der Waals surface area contributed by atoms with E-state index in [4.69, 9.17) is 4.74 Å². The number of likely N-dealkylation sites (tertiary alicyclic amines) is 1. The fourth-order valence-corrected chi connectivity index (χ4v) is 3.06. The van der Waals surface area contributed by atoms with Gasteiger partial charge in [0.15, 0.2) is 0 Å². The Morgan fingerprint density at radius 3 is 2.48 bits per heavy atom. The largest absolute Gasteiger partial charge is 0.497 e. The zero-order valence-corrected chi connectivity index (χ0v) is 15.1. The third-order valence-electron chi connectivity index (χ3n) is 4.57. The average molecular weight is 370 g/mol. The Hall–Kier alpha value is -3.16. The highest BCUT2D eigenvalue weighted by atomic mass is 16.5. The van der Waals surface area contributed by atoms with E-state index in [1.54, 1.807) is 12.0 Å². The number of methoxy groups -OCH3 is 1. The Labute approximate surface area is 156 Å². The first kappa shape index (κ1) is 18.6. The number of H-pyrrole nitrogens is 1. The predicted molar refractivity (Wildman–Crippen MR) is 98.6 cm³/mol. The molecule has 142 valence electrons. The van der Waals surface area contributed by atoms with Crippen molar-refractivity contribution in [3.8, 4) is 5.75 Å². The van der Waals surface area contributed by atoms with Crippen molar-refractivity contribution >= 4 is 11.8 Å². The molecule has 27 heavy (non-hydrogen) atoms. The van der Waals surface area contributed by atoms with Crippen LogP contribution in [0.5, 0.6) is 5.75 Å². The summed E-state index contributed by atoms with van der Waals surface area (Å²) >= 11 is 0. The number of carbonyl (C=O) groups excluding carboxylic acids is 2. The third kappa shape index (κ3) is 4.93. The lowest BCUT2D eigenvalue weighted by molar-refractivity contribution is -0.121. The van der Waals surface area contributed by atoms with Crippen LogP contribution < -0.4 is 15.6 Å². The molecule has 8 heteroatoms. The summed E-state index contributed by atoms with van der Waals surface area (Å²) in [7, 11) is 1.60. The van der Waals surface area contributed by atoms with E-state index in [2.05, 4.69) is 15.5 Å². The first-order chi connectivity index (χ1) is 13.0. The van der Waals surface area contributed by atoms with Crippen molar-refractivity contribution in [1.82, 2.24) is 20.4 Å². The molecule has 8 nitrogen and oxygen atoms in total. The van der Waals surface area contributed by atoms with E-state index in [1.807, 2.05) is 24.3 Å². The molecule has 0 saturated carbocycles. The van der Waals surface area contributed by atoms with Crippen LogP contribution in [0.1, 0.15) is 28.9 Å². The number of amides is 2. The second-order valence-corrected chi connectivity index (χ2v) is 6.47. The number of piperidine rings is 1. The van der Waals surface area contributed by atoms with Gasteiger partial charge in [-0.05, 0) is 36.6 Å². The van der Waals surface area contributed by atoms with Gasteiger partial charge >= 0.3 is 0 Å². The minimum Gasteiger partial charge on any atom is -0.497 e. The highest BCUT2D eigenvalue weighted by Crippen LogP contribution is 2.14. The molecule has 1 aliphatic rings. The summed E-state index contributed by atoms with van der Waals surface area (Å²) in [4.78, 5) is 37.3. The van der Waals surface area contributed by atoms with E-state index in [1.165, 1.54) is 12.1 Å². The summed E-state index contributed by atoms with van der Waals surface area (Å²) in [6, 6.07) is 10.2. The molecule has 2 amide bonds. The lowest BCUT2D eigenvalue weighted by Gasteiger charge is -2.32. The maximum Gasteiger partial charge on any atom is 0.274 e. The SMILES string of the molecule is COc1ccc(CC(=O)NC2CCN(C(=O)c3ccc(=O)[nH]n3)CC2)cc1. The summed E-state index contributed by atoms with van der Waals surface area (Å²) in [5, 5.41) is 9.07. The maximum atomic E-state index is 12.4. The molecule has 1 fully saturated rings. The Morgan fingerprint density at radius 2 is 1.89 bits per heavy atom. The summed E-state index contributed by atoms with van der Waals surface area (Å²) in [5.74, 6) is 0.509. The normalized spacial score (nSPS) is 14.6. The average Bonchev–Trinajstić information content (AvgIpc) is 2.69. The summed E-state index contributed by atoms with van der Waals surface area (Å²) in [5.41, 5.74) is 0.798. The molecule has 0 atom stereocenters. The molecule has 0 bridgehead atoms. The Balaban J connectivity index is 1.47. The van der Waals surface area contributed by atoms with Crippen LogP contribution in [-0.4, -0.2) is 53.2 Å². The van der Waals surface area contributed by atoms with Crippen molar-refractivity contribution < 1.29 is 14.3 Å². The maximum absolute atomic E-state index is 12.4. The molecule has 2 heterocycles. The van der Waals surface area contributed by atoms with Crippen molar-refractivity contribution in [3.05, 3.63) is 58.0 Å². The molecular weight excluding hydrogens is 348 g/mol. The van der Waals surface area contributed by atoms with Gasteiger partial charge in [-0.1, -0.05) is 12.1 Å². The van der Waals surface area contributed by atoms with Crippen molar-refractivity contribution in [2.45, 2.75) is 25.3 Å². The number of ether oxygens (including phenoxy) is 1. The van der Waals surface area contributed by atoms with Crippen LogP contribution in [0.4, 0.5) is 0 Å². The van der Waals surface area contributed by atoms with E-state index in [0.29, 0.717) is 32.4 Å². The van der Waals surface area contributed by atoms with Crippen molar-refractivity contribution in [2.24, 2.45) is 0 Å². The second-order valence-electron chi connectivity index (χ2n) is 6.47. The van der Waals surface area contributed by atoms with Crippen LogP contribution in [0.2, 0.25) is 0 Å². The number of aromatic amines is 1. The number of nitrogens with zero attached hydrogens (tertiary/aromatic N) is 2. The van der Waals surface area contributed by atoms with E-state index in [-0.39, 0.29) is 29.1 Å². The number of aromatic nitrogens is 2. The van der Waals surface area contributed by atoms with Crippen LogP contribution >= 0.6 is 0 Å².